The average molecular weight is 249 g/mol. The van der Waals surface area contributed by atoms with Crippen molar-refractivity contribution in [1.82, 2.24) is 0 Å². The predicted molar refractivity (Wildman–Crippen MR) is 74.2 cm³/mol. The van der Waals surface area contributed by atoms with Crippen molar-refractivity contribution < 1.29 is 9.47 Å². The first-order valence-corrected chi connectivity index (χ1v) is 6.64. The third kappa shape index (κ3) is 2.68. The number of hydrogen-bond donors (Lipinski definition) is 1. The third-order valence-corrected chi connectivity index (χ3v) is 3.64. The van der Waals surface area contributed by atoms with E-state index in [1.165, 1.54) is 16.8 Å². The molecule has 0 heterocycles. The molecule has 1 aromatic rings. The van der Waals surface area contributed by atoms with Crippen LogP contribution in [0.5, 0.6) is 0 Å². The molecule has 18 heavy (non-hydrogen) atoms. The predicted octanol–water partition coefficient (Wildman–Crippen LogP) is 2.91. The summed E-state index contributed by atoms with van der Waals surface area (Å²) in [4.78, 5) is 0. The molecule has 0 saturated heterocycles. The molecule has 3 nitrogen and oxygen atoms in total. The van der Waals surface area contributed by atoms with Crippen molar-refractivity contribution in [3.05, 3.63) is 29.3 Å². The maximum Gasteiger partial charge on any atom is 0.103 e. The molecule has 3 heteroatoms. The first-order valence-electron chi connectivity index (χ1n) is 6.64. The molecule has 0 aliphatic heterocycles. The molecule has 1 aliphatic rings. The van der Waals surface area contributed by atoms with E-state index in [0.29, 0.717) is 6.04 Å². The highest BCUT2D eigenvalue weighted by molar-refractivity contribution is 5.53. The molecule has 0 aromatic heterocycles. The molecular formula is C15H23NO2. The zero-order valence-corrected chi connectivity index (χ0v) is 11.7. The summed E-state index contributed by atoms with van der Waals surface area (Å²) in [5.41, 5.74) is 3.75. The second-order valence-electron chi connectivity index (χ2n) is 5.00. The lowest BCUT2D eigenvalue weighted by atomic mass is 9.84. The minimum Gasteiger partial charge on any atom is -0.379 e. The molecule has 3 unspecified atom stereocenters. The monoisotopic (exact) mass is 249 g/mol. The minimum atomic E-state index is 0.157. The van der Waals surface area contributed by atoms with Crippen molar-refractivity contribution in [2.24, 2.45) is 0 Å². The van der Waals surface area contributed by atoms with Crippen LogP contribution < -0.4 is 5.32 Å². The topological polar surface area (TPSA) is 30.5 Å². The summed E-state index contributed by atoms with van der Waals surface area (Å²) in [6.07, 6.45) is 1.41. The van der Waals surface area contributed by atoms with Crippen molar-refractivity contribution in [2.45, 2.75) is 45.4 Å². The molecule has 0 amide bonds. The minimum absolute atomic E-state index is 0.157. The summed E-state index contributed by atoms with van der Waals surface area (Å²) < 4.78 is 11.2. The van der Waals surface area contributed by atoms with Crippen LogP contribution in [0.25, 0.3) is 0 Å². The second kappa shape index (κ2) is 5.72. The van der Waals surface area contributed by atoms with E-state index in [2.05, 4.69) is 37.4 Å². The number of ether oxygens (including phenoxy) is 2. The molecule has 1 N–H and O–H groups in total. The maximum atomic E-state index is 5.64. The summed E-state index contributed by atoms with van der Waals surface area (Å²) in [6.45, 7) is 7.02. The lowest BCUT2D eigenvalue weighted by molar-refractivity contribution is -0.118. The Labute approximate surface area is 109 Å². The van der Waals surface area contributed by atoms with Gasteiger partial charge in [0.05, 0.1) is 12.1 Å². The van der Waals surface area contributed by atoms with Crippen LogP contribution in [0, 0.1) is 13.8 Å². The Hall–Kier alpha value is -1.06. The molecule has 2 rings (SSSR count). The number of benzene rings is 1. The van der Waals surface area contributed by atoms with Gasteiger partial charge >= 0.3 is 0 Å². The van der Waals surface area contributed by atoms with Gasteiger partial charge in [-0.25, -0.2) is 0 Å². The fraction of sp³-hybridized carbons (Fsp3) is 0.600. The molecule has 0 spiro atoms. The second-order valence-corrected chi connectivity index (χ2v) is 5.00. The SMILES string of the molecule is CCOC1CC(Nc2cc(C)ccc2C)C1OC. The van der Waals surface area contributed by atoms with Crippen LogP contribution in [0.4, 0.5) is 5.69 Å². The zero-order valence-electron chi connectivity index (χ0n) is 11.7. The quantitative estimate of drug-likeness (QED) is 0.870. The number of anilines is 1. The van der Waals surface area contributed by atoms with Gasteiger partial charge in [0, 0.05) is 19.4 Å². The van der Waals surface area contributed by atoms with Gasteiger partial charge in [-0.2, -0.15) is 0 Å². The van der Waals surface area contributed by atoms with Crippen LogP contribution in [-0.2, 0) is 9.47 Å². The Morgan fingerprint density at radius 3 is 2.78 bits per heavy atom. The Bertz CT molecular complexity index is 405. The lowest BCUT2D eigenvalue weighted by Crippen LogP contribution is -2.56. The first kappa shape index (κ1) is 13.4. The van der Waals surface area contributed by atoms with E-state index in [0.717, 1.165) is 13.0 Å². The summed E-state index contributed by atoms with van der Waals surface area (Å²) in [5, 5.41) is 3.57. The van der Waals surface area contributed by atoms with E-state index in [1.54, 1.807) is 7.11 Å². The molecule has 1 aliphatic carbocycles. The van der Waals surface area contributed by atoms with Crippen molar-refractivity contribution in [3.8, 4) is 0 Å². The van der Waals surface area contributed by atoms with E-state index in [4.69, 9.17) is 9.47 Å². The fourth-order valence-electron chi connectivity index (χ4n) is 2.51. The van der Waals surface area contributed by atoms with E-state index in [9.17, 15) is 0 Å². The van der Waals surface area contributed by atoms with Crippen molar-refractivity contribution in [3.63, 3.8) is 0 Å². The van der Waals surface area contributed by atoms with Crippen LogP contribution >= 0.6 is 0 Å². The highest BCUT2D eigenvalue weighted by Crippen LogP contribution is 2.31. The normalized spacial score (nSPS) is 26.8. The molecule has 1 saturated carbocycles. The first-order chi connectivity index (χ1) is 8.65. The number of aryl methyl sites for hydroxylation is 2. The fourth-order valence-corrected chi connectivity index (χ4v) is 2.51. The van der Waals surface area contributed by atoms with Crippen molar-refractivity contribution >= 4 is 5.69 Å². The number of methoxy groups -OCH3 is 1. The van der Waals surface area contributed by atoms with Crippen LogP contribution in [0.2, 0.25) is 0 Å². The summed E-state index contributed by atoms with van der Waals surface area (Å²) in [5.74, 6) is 0. The van der Waals surface area contributed by atoms with Gasteiger partial charge in [-0.15, -0.1) is 0 Å². The van der Waals surface area contributed by atoms with Crippen LogP contribution in [0.3, 0.4) is 0 Å². The van der Waals surface area contributed by atoms with E-state index < -0.39 is 0 Å². The molecule has 1 aromatic carbocycles. The van der Waals surface area contributed by atoms with Gasteiger partial charge in [0.15, 0.2) is 0 Å². The third-order valence-electron chi connectivity index (χ3n) is 3.64. The number of hydrogen-bond acceptors (Lipinski definition) is 3. The molecule has 3 atom stereocenters. The summed E-state index contributed by atoms with van der Waals surface area (Å²) in [7, 11) is 1.76. The summed E-state index contributed by atoms with van der Waals surface area (Å²) >= 11 is 0. The Kier molecular flexibility index (Phi) is 4.25. The Morgan fingerprint density at radius 2 is 2.11 bits per heavy atom. The Balaban J connectivity index is 2.00. The molecule has 1 fully saturated rings. The van der Waals surface area contributed by atoms with Crippen LogP contribution in [0.15, 0.2) is 18.2 Å². The number of rotatable bonds is 5. The summed E-state index contributed by atoms with van der Waals surface area (Å²) in [6, 6.07) is 6.83. The van der Waals surface area contributed by atoms with E-state index >= 15 is 0 Å². The molecular weight excluding hydrogens is 226 g/mol. The zero-order chi connectivity index (χ0) is 13.1. The van der Waals surface area contributed by atoms with Gasteiger partial charge in [-0.1, -0.05) is 12.1 Å². The van der Waals surface area contributed by atoms with Crippen molar-refractivity contribution in [2.75, 3.05) is 19.0 Å². The average Bonchev–Trinajstić information content (AvgIpc) is 2.32. The number of nitrogens with one attached hydrogen (secondary N) is 1. The van der Waals surface area contributed by atoms with E-state index in [-0.39, 0.29) is 12.2 Å². The van der Waals surface area contributed by atoms with Crippen molar-refractivity contribution in [1.29, 1.82) is 0 Å². The van der Waals surface area contributed by atoms with Gasteiger partial charge in [0.2, 0.25) is 0 Å². The van der Waals surface area contributed by atoms with Gasteiger partial charge in [0.1, 0.15) is 6.10 Å². The molecule has 100 valence electrons. The standard InChI is InChI=1S/C15H23NO2/c1-5-18-14-9-13(15(14)17-4)16-12-8-10(2)6-7-11(12)3/h6-8,13-16H,5,9H2,1-4H3. The van der Waals surface area contributed by atoms with Gasteiger partial charge in [-0.3, -0.25) is 0 Å². The van der Waals surface area contributed by atoms with E-state index in [1.807, 2.05) is 6.92 Å². The Morgan fingerprint density at radius 1 is 1.33 bits per heavy atom. The largest absolute Gasteiger partial charge is 0.379 e. The van der Waals surface area contributed by atoms with Crippen LogP contribution in [0.1, 0.15) is 24.5 Å². The van der Waals surface area contributed by atoms with Crippen LogP contribution in [-0.4, -0.2) is 32.0 Å². The molecule has 0 bridgehead atoms. The smallest absolute Gasteiger partial charge is 0.103 e. The van der Waals surface area contributed by atoms with Gasteiger partial charge < -0.3 is 14.8 Å². The lowest BCUT2D eigenvalue weighted by Gasteiger charge is -2.44. The molecule has 0 radical (unpaired) electrons. The highest BCUT2D eigenvalue weighted by Gasteiger charge is 2.42. The van der Waals surface area contributed by atoms with Gasteiger partial charge in [-0.05, 0) is 44.4 Å². The maximum absolute atomic E-state index is 5.64. The van der Waals surface area contributed by atoms with Gasteiger partial charge in [0.25, 0.3) is 0 Å². The highest BCUT2D eigenvalue weighted by atomic mass is 16.5.